The standard InChI is InChI=1S/C21H28N2O3/c1-25-21-9-5-8-19(14-21)23-12-10-22(11-13-23)15-20(24)17-26-16-18-6-3-2-4-7-18/h2-9,14,20,24H,10-13,15-17H2,1H3. The van der Waals surface area contributed by atoms with Gasteiger partial charge in [0.05, 0.1) is 26.4 Å². The van der Waals surface area contributed by atoms with Crippen LogP contribution in [0.3, 0.4) is 0 Å². The maximum atomic E-state index is 10.2. The fourth-order valence-corrected chi connectivity index (χ4v) is 3.23. The topological polar surface area (TPSA) is 45.2 Å². The van der Waals surface area contributed by atoms with Crippen molar-refractivity contribution in [3.8, 4) is 5.75 Å². The Morgan fingerprint density at radius 1 is 1.00 bits per heavy atom. The van der Waals surface area contributed by atoms with E-state index in [4.69, 9.17) is 9.47 Å². The lowest BCUT2D eigenvalue weighted by Crippen LogP contribution is -2.49. The first-order valence-electron chi connectivity index (χ1n) is 9.15. The van der Waals surface area contributed by atoms with Crippen molar-refractivity contribution in [1.29, 1.82) is 0 Å². The van der Waals surface area contributed by atoms with Crippen LogP contribution < -0.4 is 9.64 Å². The highest BCUT2D eigenvalue weighted by Gasteiger charge is 2.19. The van der Waals surface area contributed by atoms with E-state index in [1.807, 2.05) is 42.5 Å². The zero-order valence-corrected chi connectivity index (χ0v) is 15.4. The third-order valence-electron chi connectivity index (χ3n) is 4.68. The summed E-state index contributed by atoms with van der Waals surface area (Å²) in [5, 5.41) is 10.2. The maximum absolute atomic E-state index is 10.2. The Morgan fingerprint density at radius 2 is 1.77 bits per heavy atom. The Kier molecular flexibility index (Phi) is 6.89. The number of rotatable bonds is 8. The van der Waals surface area contributed by atoms with Crippen molar-refractivity contribution in [3.63, 3.8) is 0 Å². The smallest absolute Gasteiger partial charge is 0.120 e. The molecule has 5 heteroatoms. The lowest BCUT2D eigenvalue weighted by atomic mass is 10.2. The average Bonchev–Trinajstić information content (AvgIpc) is 2.69. The van der Waals surface area contributed by atoms with Crippen LogP contribution in [0.1, 0.15) is 5.56 Å². The summed E-state index contributed by atoms with van der Waals surface area (Å²) in [5.74, 6) is 0.885. The molecule has 0 spiro atoms. The number of hydrogen-bond donors (Lipinski definition) is 1. The van der Waals surface area contributed by atoms with Gasteiger partial charge in [0.15, 0.2) is 0 Å². The molecule has 3 rings (SSSR count). The zero-order valence-electron chi connectivity index (χ0n) is 15.4. The molecule has 0 radical (unpaired) electrons. The molecule has 26 heavy (non-hydrogen) atoms. The van der Waals surface area contributed by atoms with Crippen LogP contribution in [0, 0.1) is 0 Å². The average molecular weight is 356 g/mol. The number of aliphatic hydroxyl groups is 1. The van der Waals surface area contributed by atoms with Crippen LogP contribution in [0.15, 0.2) is 54.6 Å². The number of benzene rings is 2. The molecule has 140 valence electrons. The summed E-state index contributed by atoms with van der Waals surface area (Å²) in [4.78, 5) is 4.66. The molecule has 0 aromatic heterocycles. The summed E-state index contributed by atoms with van der Waals surface area (Å²) in [7, 11) is 1.69. The predicted molar refractivity (Wildman–Crippen MR) is 104 cm³/mol. The van der Waals surface area contributed by atoms with Gasteiger partial charge in [0, 0.05) is 44.5 Å². The summed E-state index contributed by atoms with van der Waals surface area (Å²) in [5.41, 5.74) is 2.32. The van der Waals surface area contributed by atoms with E-state index in [0.717, 1.165) is 37.5 Å². The largest absolute Gasteiger partial charge is 0.497 e. The van der Waals surface area contributed by atoms with E-state index in [1.165, 1.54) is 5.69 Å². The van der Waals surface area contributed by atoms with Crippen LogP contribution >= 0.6 is 0 Å². The SMILES string of the molecule is COc1cccc(N2CCN(CC(O)COCc3ccccc3)CC2)c1. The number of nitrogens with zero attached hydrogens (tertiary/aromatic N) is 2. The second-order valence-electron chi connectivity index (χ2n) is 6.64. The molecule has 5 nitrogen and oxygen atoms in total. The lowest BCUT2D eigenvalue weighted by molar-refractivity contribution is 0.00914. The number of anilines is 1. The van der Waals surface area contributed by atoms with E-state index in [1.54, 1.807) is 7.11 Å². The third kappa shape index (κ3) is 5.46. The Bertz CT molecular complexity index is 657. The van der Waals surface area contributed by atoms with E-state index in [9.17, 15) is 5.11 Å². The van der Waals surface area contributed by atoms with Crippen LogP contribution in [0.2, 0.25) is 0 Å². The van der Waals surface area contributed by atoms with Gasteiger partial charge in [-0.2, -0.15) is 0 Å². The Balaban J connectivity index is 1.38. The number of piperazine rings is 1. The molecule has 0 aliphatic carbocycles. The van der Waals surface area contributed by atoms with Gasteiger partial charge in [-0.05, 0) is 17.7 Å². The quantitative estimate of drug-likeness (QED) is 0.787. The first-order chi connectivity index (χ1) is 12.7. The maximum Gasteiger partial charge on any atom is 0.120 e. The normalized spacial score (nSPS) is 16.5. The molecule has 1 saturated heterocycles. The van der Waals surface area contributed by atoms with Gasteiger partial charge < -0.3 is 19.5 Å². The first kappa shape index (κ1) is 18.7. The number of methoxy groups -OCH3 is 1. The van der Waals surface area contributed by atoms with Gasteiger partial charge in [-0.25, -0.2) is 0 Å². The third-order valence-corrected chi connectivity index (χ3v) is 4.68. The minimum absolute atomic E-state index is 0.366. The number of hydrogen-bond acceptors (Lipinski definition) is 5. The van der Waals surface area contributed by atoms with E-state index in [0.29, 0.717) is 19.8 Å². The van der Waals surface area contributed by atoms with Crippen LogP contribution in [0.4, 0.5) is 5.69 Å². The van der Waals surface area contributed by atoms with Gasteiger partial charge in [-0.1, -0.05) is 36.4 Å². The van der Waals surface area contributed by atoms with E-state index in [2.05, 4.69) is 21.9 Å². The van der Waals surface area contributed by atoms with Crippen molar-refractivity contribution >= 4 is 5.69 Å². The van der Waals surface area contributed by atoms with Crippen molar-refractivity contribution < 1.29 is 14.6 Å². The fourth-order valence-electron chi connectivity index (χ4n) is 3.23. The fraction of sp³-hybridized carbons (Fsp3) is 0.429. The van der Waals surface area contributed by atoms with Gasteiger partial charge in [-0.15, -0.1) is 0 Å². The molecule has 0 bridgehead atoms. The zero-order chi connectivity index (χ0) is 18.2. The first-order valence-corrected chi connectivity index (χ1v) is 9.15. The van der Waals surface area contributed by atoms with Gasteiger partial charge in [0.25, 0.3) is 0 Å². The molecule has 0 saturated carbocycles. The van der Waals surface area contributed by atoms with Crippen molar-refractivity contribution in [2.45, 2.75) is 12.7 Å². The summed E-state index contributed by atoms with van der Waals surface area (Å²) >= 11 is 0. The van der Waals surface area contributed by atoms with Crippen LogP contribution in [-0.4, -0.2) is 62.6 Å². The van der Waals surface area contributed by atoms with Crippen molar-refractivity contribution in [3.05, 3.63) is 60.2 Å². The minimum Gasteiger partial charge on any atom is -0.497 e. The molecule has 1 unspecified atom stereocenters. The molecule has 2 aromatic carbocycles. The number of ether oxygens (including phenoxy) is 2. The van der Waals surface area contributed by atoms with Crippen molar-refractivity contribution in [1.82, 2.24) is 4.90 Å². The van der Waals surface area contributed by atoms with Gasteiger partial charge in [0.2, 0.25) is 0 Å². The Labute approximate surface area is 155 Å². The molecule has 2 aromatic rings. The van der Waals surface area contributed by atoms with Crippen LogP contribution in [0.25, 0.3) is 0 Å². The molecule has 0 amide bonds. The molecule has 1 aliphatic heterocycles. The molecular formula is C21H28N2O3. The second-order valence-corrected chi connectivity index (χ2v) is 6.64. The highest BCUT2D eigenvalue weighted by Crippen LogP contribution is 2.22. The Morgan fingerprint density at radius 3 is 2.50 bits per heavy atom. The van der Waals surface area contributed by atoms with Gasteiger partial charge in [-0.3, -0.25) is 4.90 Å². The highest BCUT2D eigenvalue weighted by molar-refractivity contribution is 5.51. The molecule has 1 aliphatic rings. The lowest BCUT2D eigenvalue weighted by Gasteiger charge is -2.37. The van der Waals surface area contributed by atoms with Crippen LogP contribution in [0.5, 0.6) is 5.75 Å². The minimum atomic E-state index is -0.456. The van der Waals surface area contributed by atoms with Gasteiger partial charge >= 0.3 is 0 Å². The molecule has 1 heterocycles. The highest BCUT2D eigenvalue weighted by atomic mass is 16.5. The summed E-state index contributed by atoms with van der Waals surface area (Å²) in [6, 6.07) is 18.2. The van der Waals surface area contributed by atoms with E-state index >= 15 is 0 Å². The number of aliphatic hydroxyl groups excluding tert-OH is 1. The second kappa shape index (κ2) is 9.57. The molecule has 1 N–H and O–H groups in total. The van der Waals surface area contributed by atoms with E-state index < -0.39 is 6.10 Å². The summed E-state index contributed by atoms with van der Waals surface area (Å²) in [6.07, 6.45) is -0.456. The summed E-state index contributed by atoms with van der Waals surface area (Å²) in [6.45, 7) is 5.34. The van der Waals surface area contributed by atoms with Crippen molar-refractivity contribution in [2.75, 3.05) is 51.3 Å². The monoisotopic (exact) mass is 356 g/mol. The predicted octanol–water partition coefficient (Wildman–Crippen LogP) is 2.39. The van der Waals surface area contributed by atoms with Gasteiger partial charge in [0.1, 0.15) is 5.75 Å². The summed E-state index contributed by atoms with van der Waals surface area (Å²) < 4.78 is 10.9. The molecule has 1 fully saturated rings. The van der Waals surface area contributed by atoms with Crippen LogP contribution in [-0.2, 0) is 11.3 Å². The Hall–Kier alpha value is -2.08. The van der Waals surface area contributed by atoms with E-state index in [-0.39, 0.29) is 0 Å². The van der Waals surface area contributed by atoms with Crippen molar-refractivity contribution in [2.24, 2.45) is 0 Å². The molecule has 1 atom stereocenters. The molecular weight excluding hydrogens is 328 g/mol. The number of β-amino-alcohol motifs (C(OH)–C–C–N with tert-alkyl or cyclic N) is 1.